The van der Waals surface area contributed by atoms with Crippen LogP contribution in [-0.2, 0) is 9.53 Å². The molecule has 1 aliphatic carbocycles. The number of hydrogen-bond acceptors (Lipinski definition) is 9. The Kier molecular flexibility index (Phi) is 7.14. The average molecular weight is 591 g/mol. The zero-order chi connectivity index (χ0) is 28.8. The first-order chi connectivity index (χ1) is 19.0. The van der Waals surface area contributed by atoms with Gasteiger partial charge in [-0.25, -0.2) is 18.6 Å². The third-order valence-corrected chi connectivity index (χ3v) is 7.28. The lowest BCUT2D eigenvalue weighted by molar-refractivity contribution is -0.119. The highest BCUT2D eigenvalue weighted by molar-refractivity contribution is 7.02. The molecule has 11 nitrogen and oxygen atoms in total. The summed E-state index contributed by atoms with van der Waals surface area (Å²) in [6, 6.07) is 9.92. The van der Waals surface area contributed by atoms with Crippen molar-refractivity contribution in [1.82, 2.24) is 19.5 Å². The van der Waals surface area contributed by atoms with Gasteiger partial charge in [-0.15, -0.1) is 0 Å². The number of alkyl halides is 2. The number of aromatic amines is 1. The van der Waals surface area contributed by atoms with E-state index >= 15 is 0 Å². The summed E-state index contributed by atoms with van der Waals surface area (Å²) in [5.41, 5.74) is 1.96. The minimum absolute atomic E-state index is 0.127. The molecule has 1 aromatic carbocycles. The number of halogens is 3. The van der Waals surface area contributed by atoms with E-state index in [1.807, 2.05) is 0 Å². The second kappa shape index (κ2) is 10.4. The van der Waals surface area contributed by atoms with Crippen LogP contribution in [-0.4, -0.2) is 37.4 Å². The molecular weight excluding hydrogens is 570 g/mol. The van der Waals surface area contributed by atoms with Crippen molar-refractivity contribution in [3.05, 3.63) is 73.9 Å². The van der Waals surface area contributed by atoms with Gasteiger partial charge in [-0.1, -0.05) is 35.0 Å². The first-order valence-corrected chi connectivity index (χ1v) is 13.0. The molecular formula is C25H21ClF2N6O5S. The van der Waals surface area contributed by atoms with Crippen LogP contribution in [0, 0.1) is 19.8 Å². The molecule has 1 fully saturated rings. The van der Waals surface area contributed by atoms with E-state index in [0.29, 0.717) is 33.5 Å². The molecule has 1 aliphatic rings. The van der Waals surface area contributed by atoms with Gasteiger partial charge in [0.2, 0.25) is 11.7 Å². The van der Waals surface area contributed by atoms with Crippen LogP contribution < -0.4 is 15.5 Å². The fraction of sp³-hybridized carbons (Fsp3) is 0.280. The Morgan fingerprint density at radius 2 is 1.93 bits per heavy atom. The Balaban J connectivity index is 1.29. The summed E-state index contributed by atoms with van der Waals surface area (Å²) in [5, 5.41) is 9.42. The molecule has 0 aliphatic heterocycles. The Morgan fingerprint density at radius 3 is 2.60 bits per heavy atom. The van der Waals surface area contributed by atoms with Gasteiger partial charge in [0.25, 0.3) is 5.92 Å². The summed E-state index contributed by atoms with van der Waals surface area (Å²) < 4.78 is 43.2. The van der Waals surface area contributed by atoms with Gasteiger partial charge in [0.05, 0.1) is 11.4 Å². The normalized spacial score (nSPS) is 18.1. The molecule has 2 unspecified atom stereocenters. The summed E-state index contributed by atoms with van der Waals surface area (Å²) in [4.78, 5) is 42.6. The summed E-state index contributed by atoms with van der Waals surface area (Å²) in [6.07, 6.45) is -1.42. The molecule has 2 amide bonds. The number of anilines is 2. The number of carbonyl (C=O) groups excluding carboxylic acids is 2. The van der Waals surface area contributed by atoms with E-state index in [1.54, 1.807) is 45.0 Å². The van der Waals surface area contributed by atoms with Gasteiger partial charge in [-0.05, 0) is 39.0 Å². The molecule has 3 heterocycles. The number of aromatic nitrogens is 4. The van der Waals surface area contributed by atoms with Crippen LogP contribution in [0.4, 0.5) is 25.0 Å². The molecule has 0 radical (unpaired) electrons. The average Bonchev–Trinajstić information content (AvgIpc) is 3.14. The van der Waals surface area contributed by atoms with Gasteiger partial charge in [-0.2, -0.15) is 4.37 Å². The van der Waals surface area contributed by atoms with Gasteiger partial charge in [-0.3, -0.25) is 19.9 Å². The number of ether oxygens (including phenoxy) is 1. The van der Waals surface area contributed by atoms with Crippen molar-refractivity contribution in [1.29, 1.82) is 0 Å². The zero-order valence-corrected chi connectivity index (χ0v) is 22.7. The lowest BCUT2D eigenvalue weighted by atomic mass is 10.1. The minimum Gasteiger partial charge on any atom is -0.441 e. The summed E-state index contributed by atoms with van der Waals surface area (Å²) in [6.45, 7) is 4.86. The second-order valence-electron chi connectivity index (χ2n) is 9.10. The molecule has 3 N–H and O–H groups in total. The fourth-order valence-electron chi connectivity index (χ4n) is 4.25. The number of nitrogens with one attached hydrogen (secondary N) is 3. The quantitative estimate of drug-likeness (QED) is 0.257. The van der Waals surface area contributed by atoms with Crippen molar-refractivity contribution >= 4 is 46.5 Å². The van der Waals surface area contributed by atoms with Crippen molar-refractivity contribution < 1.29 is 27.6 Å². The number of rotatable bonds is 7. The van der Waals surface area contributed by atoms with Crippen LogP contribution in [0.25, 0.3) is 11.5 Å². The number of benzene rings is 1. The number of amides is 2. The maximum atomic E-state index is 14.3. The van der Waals surface area contributed by atoms with E-state index in [0.717, 1.165) is 0 Å². The Bertz CT molecular complexity index is 1670. The van der Waals surface area contributed by atoms with Crippen LogP contribution in [0.1, 0.15) is 41.7 Å². The summed E-state index contributed by atoms with van der Waals surface area (Å²) >= 11 is 6.69. The van der Waals surface area contributed by atoms with Crippen molar-refractivity contribution in [2.24, 2.45) is 5.92 Å². The molecule has 15 heteroatoms. The maximum Gasteiger partial charge on any atom is 0.412 e. The number of hydrogen-bond donors (Lipinski definition) is 3. The third-order valence-electron chi connectivity index (χ3n) is 6.38. The van der Waals surface area contributed by atoms with E-state index in [2.05, 4.69) is 30.1 Å². The van der Waals surface area contributed by atoms with Gasteiger partial charge < -0.3 is 14.6 Å². The van der Waals surface area contributed by atoms with Crippen LogP contribution >= 0.6 is 23.1 Å². The summed E-state index contributed by atoms with van der Waals surface area (Å²) in [7, 11) is 0. The van der Waals surface area contributed by atoms with Crippen LogP contribution in [0.5, 0.6) is 0 Å². The van der Waals surface area contributed by atoms with Gasteiger partial charge in [0.1, 0.15) is 40.8 Å². The first-order valence-electron chi connectivity index (χ1n) is 11.9. The van der Waals surface area contributed by atoms with Gasteiger partial charge in [0.15, 0.2) is 0 Å². The summed E-state index contributed by atoms with van der Waals surface area (Å²) in [5.74, 6) is -7.57. The molecule has 5 rings (SSSR count). The Labute approximate surface area is 234 Å². The number of H-pyrrole nitrogens is 1. The van der Waals surface area contributed by atoms with E-state index in [9.17, 15) is 23.2 Å². The van der Waals surface area contributed by atoms with Crippen LogP contribution in [0.3, 0.4) is 0 Å². The SMILES string of the molecule is Cc1nc(-c2onc(C)c2NC(=O)O[C@H](C)c2ccccc2Cl)ccc1NC(=O)C1C(c2nsc(=O)[nH]2)C1(F)F. The van der Waals surface area contributed by atoms with E-state index < -0.39 is 40.7 Å². The molecule has 0 spiro atoms. The van der Waals surface area contributed by atoms with Gasteiger partial charge in [0, 0.05) is 22.1 Å². The fourth-order valence-corrected chi connectivity index (χ4v) is 5.03. The lowest BCUT2D eigenvalue weighted by Crippen LogP contribution is -2.18. The predicted octanol–water partition coefficient (Wildman–Crippen LogP) is 5.45. The van der Waals surface area contributed by atoms with E-state index in [-0.39, 0.29) is 28.7 Å². The number of nitrogens with zero attached hydrogens (tertiary/aromatic N) is 3. The number of pyridine rings is 1. The maximum absolute atomic E-state index is 14.3. The molecule has 40 heavy (non-hydrogen) atoms. The molecule has 3 aromatic heterocycles. The number of aryl methyl sites for hydroxylation is 2. The number of carbonyl (C=O) groups is 2. The zero-order valence-electron chi connectivity index (χ0n) is 21.1. The standard InChI is InChI=1S/C25H21ClF2N6O5S/c1-10-15(30-22(35)18-17(25(18,27)28)21-32-24(37)40-34-21)8-9-16(29-10)20-19(11(2)33-39-20)31-23(36)38-12(3)13-6-4-5-7-14(13)26/h4-9,12,17-18H,1-3H3,(H,30,35)(H,31,36)(H,32,34,37)/t12-,17?,18?/m1/s1. The monoisotopic (exact) mass is 590 g/mol. The molecule has 0 bridgehead atoms. The lowest BCUT2D eigenvalue weighted by Gasteiger charge is -2.15. The second-order valence-corrected chi connectivity index (χ2v) is 10.2. The Hall–Kier alpha value is -4.17. The molecule has 0 saturated heterocycles. The smallest absolute Gasteiger partial charge is 0.412 e. The third kappa shape index (κ3) is 5.19. The highest BCUT2D eigenvalue weighted by atomic mass is 35.5. The highest BCUT2D eigenvalue weighted by Gasteiger charge is 2.74. The predicted molar refractivity (Wildman–Crippen MR) is 142 cm³/mol. The molecule has 208 valence electrons. The molecule has 4 aromatic rings. The molecule has 3 atom stereocenters. The topological polar surface area (TPSA) is 152 Å². The van der Waals surface area contributed by atoms with Crippen molar-refractivity contribution in [2.45, 2.75) is 38.7 Å². The van der Waals surface area contributed by atoms with E-state index in [4.69, 9.17) is 20.9 Å². The molecule has 1 saturated carbocycles. The van der Waals surface area contributed by atoms with Crippen molar-refractivity contribution in [3.63, 3.8) is 0 Å². The minimum atomic E-state index is -3.35. The van der Waals surface area contributed by atoms with Crippen molar-refractivity contribution in [2.75, 3.05) is 10.6 Å². The van der Waals surface area contributed by atoms with Crippen LogP contribution in [0.15, 0.2) is 45.7 Å². The van der Waals surface area contributed by atoms with Crippen LogP contribution in [0.2, 0.25) is 5.02 Å². The van der Waals surface area contributed by atoms with Gasteiger partial charge >= 0.3 is 11.0 Å². The Morgan fingerprint density at radius 1 is 1.18 bits per heavy atom. The highest BCUT2D eigenvalue weighted by Crippen LogP contribution is 2.61. The van der Waals surface area contributed by atoms with E-state index in [1.165, 1.54) is 12.1 Å². The largest absolute Gasteiger partial charge is 0.441 e. The first kappa shape index (κ1) is 27.4. The van der Waals surface area contributed by atoms with Crippen molar-refractivity contribution in [3.8, 4) is 11.5 Å².